The van der Waals surface area contributed by atoms with Crippen LogP contribution >= 0.6 is 0 Å². The Balaban J connectivity index is 1.97. The van der Waals surface area contributed by atoms with Crippen molar-refractivity contribution in [3.8, 4) is 0 Å². The van der Waals surface area contributed by atoms with Gasteiger partial charge in [0, 0.05) is 25.6 Å². The summed E-state index contributed by atoms with van der Waals surface area (Å²) in [6.07, 6.45) is 3.14. The van der Waals surface area contributed by atoms with E-state index in [0.717, 1.165) is 19.6 Å². The second-order valence-electron chi connectivity index (χ2n) is 4.34. The molecule has 13 heavy (non-hydrogen) atoms. The van der Waals surface area contributed by atoms with E-state index >= 15 is 0 Å². The Morgan fingerprint density at radius 3 is 2.92 bits per heavy atom. The molecule has 1 amide bonds. The van der Waals surface area contributed by atoms with Gasteiger partial charge in [-0.25, -0.2) is 0 Å². The third-order valence-corrected chi connectivity index (χ3v) is 2.82. The molecule has 0 aromatic heterocycles. The maximum atomic E-state index is 11.7. The second kappa shape index (κ2) is 3.66. The predicted octanol–water partition coefficient (Wildman–Crippen LogP) is 0.607. The van der Waals surface area contributed by atoms with Crippen LogP contribution in [0, 0.1) is 5.92 Å². The molecular weight excluding hydrogens is 164 g/mol. The van der Waals surface area contributed by atoms with Gasteiger partial charge in [0.1, 0.15) is 0 Å². The van der Waals surface area contributed by atoms with Gasteiger partial charge in [-0.05, 0) is 25.3 Å². The molecule has 1 aliphatic carbocycles. The summed E-state index contributed by atoms with van der Waals surface area (Å²) in [4.78, 5) is 13.8. The monoisotopic (exact) mass is 182 g/mol. The maximum absolute atomic E-state index is 11.7. The average Bonchev–Trinajstić information content (AvgIpc) is 2.88. The van der Waals surface area contributed by atoms with Crippen LogP contribution in [-0.2, 0) is 4.79 Å². The highest BCUT2D eigenvalue weighted by atomic mass is 16.2. The third kappa shape index (κ3) is 2.21. The highest BCUT2D eigenvalue weighted by molar-refractivity contribution is 5.77. The number of amides is 1. The van der Waals surface area contributed by atoms with E-state index in [1.165, 1.54) is 12.8 Å². The summed E-state index contributed by atoms with van der Waals surface area (Å²) in [6.45, 7) is 5.07. The molecule has 1 heterocycles. The molecule has 1 unspecified atom stereocenters. The molecule has 1 atom stereocenters. The van der Waals surface area contributed by atoms with Gasteiger partial charge in [0.05, 0.1) is 0 Å². The predicted molar refractivity (Wildman–Crippen MR) is 51.4 cm³/mol. The molecule has 2 aliphatic rings. The van der Waals surface area contributed by atoms with Gasteiger partial charge in [0.2, 0.25) is 5.91 Å². The molecular formula is C10H18N2O. The Kier molecular flexibility index (Phi) is 2.54. The Labute approximate surface area is 79.5 Å². The fraction of sp³-hybridized carbons (Fsp3) is 0.900. The average molecular weight is 182 g/mol. The van der Waals surface area contributed by atoms with E-state index in [2.05, 4.69) is 17.1 Å². The minimum atomic E-state index is 0.349. The van der Waals surface area contributed by atoms with Crippen molar-refractivity contribution >= 4 is 5.91 Å². The van der Waals surface area contributed by atoms with Crippen molar-refractivity contribution in [2.24, 2.45) is 5.92 Å². The lowest BCUT2D eigenvalue weighted by Gasteiger charge is -2.28. The lowest BCUT2D eigenvalue weighted by atomic mass is 10.1. The van der Waals surface area contributed by atoms with E-state index in [0.29, 0.717) is 24.3 Å². The number of carbonyl (C=O) groups is 1. The van der Waals surface area contributed by atoms with Gasteiger partial charge < -0.3 is 10.2 Å². The first-order valence-electron chi connectivity index (χ1n) is 5.27. The lowest BCUT2D eigenvalue weighted by Crippen LogP contribution is -2.43. The number of rotatable bonds is 1. The first kappa shape index (κ1) is 9.00. The van der Waals surface area contributed by atoms with Crippen LogP contribution in [0.5, 0.6) is 0 Å². The van der Waals surface area contributed by atoms with Crippen LogP contribution in [0.2, 0.25) is 0 Å². The molecule has 0 bridgehead atoms. The lowest BCUT2D eigenvalue weighted by molar-refractivity contribution is -0.132. The fourth-order valence-electron chi connectivity index (χ4n) is 1.93. The van der Waals surface area contributed by atoms with E-state index in [4.69, 9.17) is 0 Å². The van der Waals surface area contributed by atoms with Crippen molar-refractivity contribution in [2.75, 3.05) is 19.6 Å². The van der Waals surface area contributed by atoms with Crippen LogP contribution in [0.3, 0.4) is 0 Å². The molecule has 0 aromatic rings. The standard InChI is InChI=1S/C10H18N2O/c1-8-6-11-5-4-10(13)12(7-8)9-2-3-9/h8-9,11H,2-7H2,1H3. The van der Waals surface area contributed by atoms with Crippen LogP contribution < -0.4 is 5.32 Å². The quantitative estimate of drug-likeness (QED) is 0.644. The van der Waals surface area contributed by atoms with Crippen LogP contribution in [0.15, 0.2) is 0 Å². The molecule has 3 heteroatoms. The number of carbonyl (C=O) groups excluding carboxylic acids is 1. The molecule has 2 rings (SSSR count). The summed E-state index contributed by atoms with van der Waals surface area (Å²) < 4.78 is 0. The van der Waals surface area contributed by atoms with Crippen molar-refractivity contribution in [1.29, 1.82) is 0 Å². The number of hydrogen-bond acceptors (Lipinski definition) is 2. The van der Waals surface area contributed by atoms with Crippen LogP contribution in [-0.4, -0.2) is 36.5 Å². The molecule has 74 valence electrons. The number of nitrogens with one attached hydrogen (secondary N) is 1. The van der Waals surface area contributed by atoms with Crippen molar-refractivity contribution in [3.63, 3.8) is 0 Å². The molecule has 1 saturated carbocycles. The first-order valence-corrected chi connectivity index (χ1v) is 5.27. The molecule has 0 aromatic carbocycles. The van der Waals surface area contributed by atoms with Crippen LogP contribution in [0.4, 0.5) is 0 Å². The van der Waals surface area contributed by atoms with Crippen LogP contribution in [0.1, 0.15) is 26.2 Å². The highest BCUT2D eigenvalue weighted by Crippen LogP contribution is 2.28. The van der Waals surface area contributed by atoms with Crippen LogP contribution in [0.25, 0.3) is 0 Å². The Bertz CT molecular complexity index is 201. The summed E-state index contributed by atoms with van der Waals surface area (Å²) in [7, 11) is 0. The van der Waals surface area contributed by atoms with Gasteiger partial charge in [-0.1, -0.05) is 6.92 Å². The number of hydrogen-bond donors (Lipinski definition) is 1. The zero-order valence-electron chi connectivity index (χ0n) is 8.25. The normalized spacial score (nSPS) is 31.3. The van der Waals surface area contributed by atoms with E-state index in [9.17, 15) is 4.79 Å². The summed E-state index contributed by atoms with van der Waals surface area (Å²) in [5.41, 5.74) is 0. The Morgan fingerprint density at radius 2 is 2.23 bits per heavy atom. The van der Waals surface area contributed by atoms with E-state index < -0.39 is 0 Å². The Morgan fingerprint density at radius 1 is 1.46 bits per heavy atom. The molecule has 3 nitrogen and oxygen atoms in total. The zero-order chi connectivity index (χ0) is 9.26. The summed E-state index contributed by atoms with van der Waals surface area (Å²) in [5.74, 6) is 0.950. The molecule has 1 aliphatic heterocycles. The Hall–Kier alpha value is -0.570. The van der Waals surface area contributed by atoms with Crippen molar-refractivity contribution in [1.82, 2.24) is 10.2 Å². The van der Waals surface area contributed by atoms with E-state index in [-0.39, 0.29) is 0 Å². The molecule has 1 saturated heterocycles. The molecule has 0 radical (unpaired) electrons. The second-order valence-corrected chi connectivity index (χ2v) is 4.34. The van der Waals surface area contributed by atoms with Gasteiger partial charge in [0.15, 0.2) is 0 Å². The van der Waals surface area contributed by atoms with Crippen molar-refractivity contribution < 1.29 is 4.79 Å². The molecule has 0 spiro atoms. The van der Waals surface area contributed by atoms with E-state index in [1.54, 1.807) is 0 Å². The highest BCUT2D eigenvalue weighted by Gasteiger charge is 2.33. The largest absolute Gasteiger partial charge is 0.339 e. The minimum Gasteiger partial charge on any atom is -0.339 e. The van der Waals surface area contributed by atoms with Gasteiger partial charge >= 0.3 is 0 Å². The molecule has 1 N–H and O–H groups in total. The zero-order valence-corrected chi connectivity index (χ0v) is 8.25. The maximum Gasteiger partial charge on any atom is 0.224 e. The number of nitrogens with zero attached hydrogens (tertiary/aromatic N) is 1. The summed E-state index contributed by atoms with van der Waals surface area (Å²) in [6, 6.07) is 0.591. The van der Waals surface area contributed by atoms with Gasteiger partial charge in [0.25, 0.3) is 0 Å². The summed E-state index contributed by atoms with van der Waals surface area (Å²) in [5, 5.41) is 3.30. The topological polar surface area (TPSA) is 32.3 Å². The third-order valence-electron chi connectivity index (χ3n) is 2.82. The fourth-order valence-corrected chi connectivity index (χ4v) is 1.93. The van der Waals surface area contributed by atoms with Crippen molar-refractivity contribution in [3.05, 3.63) is 0 Å². The van der Waals surface area contributed by atoms with Gasteiger partial charge in [-0.3, -0.25) is 4.79 Å². The minimum absolute atomic E-state index is 0.349. The van der Waals surface area contributed by atoms with Gasteiger partial charge in [-0.2, -0.15) is 0 Å². The summed E-state index contributed by atoms with van der Waals surface area (Å²) >= 11 is 0. The smallest absolute Gasteiger partial charge is 0.224 e. The van der Waals surface area contributed by atoms with Gasteiger partial charge in [-0.15, -0.1) is 0 Å². The SMILES string of the molecule is CC1CNCCC(=O)N(C2CC2)C1. The first-order chi connectivity index (χ1) is 6.27. The van der Waals surface area contributed by atoms with E-state index in [1.807, 2.05) is 0 Å². The molecule has 2 fully saturated rings. The van der Waals surface area contributed by atoms with Crippen molar-refractivity contribution in [2.45, 2.75) is 32.2 Å².